The number of hydrogen-bond acceptors (Lipinski definition) is 2. The normalized spacial score (nSPS) is 13.4. The molecule has 1 aromatic heterocycles. The predicted octanol–water partition coefficient (Wildman–Crippen LogP) is 3.58. The fourth-order valence-corrected chi connectivity index (χ4v) is 2.85. The number of hydrogen-bond donors (Lipinski definition) is 0. The summed E-state index contributed by atoms with van der Waals surface area (Å²) in [5, 5.41) is 1.08. The topological polar surface area (TPSA) is 33.2 Å². The lowest BCUT2D eigenvalue weighted by atomic mass is 10.1. The molecule has 3 aromatic rings. The molecule has 4 rings (SSSR count). The minimum Gasteiger partial charge on any atom is -0.292 e. The molecule has 2 heterocycles. The van der Waals surface area contributed by atoms with Crippen LogP contribution in [0.25, 0.3) is 10.9 Å². The summed E-state index contributed by atoms with van der Waals surface area (Å²) < 4.78 is 13.0. The minimum atomic E-state index is -0.345. The SMILES string of the molecule is O=C(c1ccc(F)cc1)N1CCc2cc3ccccc3nc21. The molecule has 0 saturated carbocycles. The number of pyridine rings is 1. The highest BCUT2D eigenvalue weighted by molar-refractivity contribution is 6.07. The zero-order valence-electron chi connectivity index (χ0n) is 11.8. The van der Waals surface area contributed by atoms with E-state index in [4.69, 9.17) is 0 Å². The summed E-state index contributed by atoms with van der Waals surface area (Å²) in [6.45, 7) is 0.606. The van der Waals surface area contributed by atoms with Gasteiger partial charge in [0.1, 0.15) is 11.6 Å². The van der Waals surface area contributed by atoms with Crippen LogP contribution >= 0.6 is 0 Å². The number of halogens is 1. The van der Waals surface area contributed by atoms with Crippen molar-refractivity contribution in [3.63, 3.8) is 0 Å². The molecule has 108 valence electrons. The first kappa shape index (κ1) is 13.0. The number of aromatic nitrogens is 1. The maximum Gasteiger partial charge on any atom is 0.259 e. The summed E-state index contributed by atoms with van der Waals surface area (Å²) in [7, 11) is 0. The van der Waals surface area contributed by atoms with E-state index in [9.17, 15) is 9.18 Å². The molecule has 0 fully saturated rings. The Morgan fingerprint density at radius 2 is 1.86 bits per heavy atom. The quantitative estimate of drug-likeness (QED) is 0.687. The van der Waals surface area contributed by atoms with Gasteiger partial charge in [-0.25, -0.2) is 9.37 Å². The second-order valence-electron chi connectivity index (χ2n) is 5.38. The van der Waals surface area contributed by atoms with Crippen molar-refractivity contribution in [3.8, 4) is 0 Å². The summed E-state index contributed by atoms with van der Waals surface area (Å²) in [6.07, 6.45) is 0.792. The Morgan fingerprint density at radius 1 is 1.09 bits per heavy atom. The van der Waals surface area contributed by atoms with Gasteiger partial charge in [-0.2, -0.15) is 0 Å². The second-order valence-corrected chi connectivity index (χ2v) is 5.38. The van der Waals surface area contributed by atoms with Gasteiger partial charge in [0.05, 0.1) is 5.52 Å². The van der Waals surface area contributed by atoms with Gasteiger partial charge in [-0.3, -0.25) is 9.69 Å². The van der Waals surface area contributed by atoms with E-state index in [-0.39, 0.29) is 11.7 Å². The Hall–Kier alpha value is -2.75. The van der Waals surface area contributed by atoms with E-state index in [0.717, 1.165) is 22.9 Å². The molecule has 3 nitrogen and oxygen atoms in total. The number of rotatable bonds is 1. The third-order valence-corrected chi connectivity index (χ3v) is 3.98. The standard InChI is InChI=1S/C18H13FN2O/c19-15-7-5-12(6-8-15)18(22)21-10-9-14-11-13-3-1-2-4-16(13)20-17(14)21/h1-8,11H,9-10H2. The maximum atomic E-state index is 13.0. The van der Waals surface area contributed by atoms with E-state index in [1.165, 1.54) is 24.3 Å². The third kappa shape index (κ3) is 2.04. The van der Waals surface area contributed by atoms with Crippen LogP contribution in [0.15, 0.2) is 54.6 Å². The Morgan fingerprint density at radius 3 is 2.68 bits per heavy atom. The fourth-order valence-electron chi connectivity index (χ4n) is 2.85. The lowest BCUT2D eigenvalue weighted by Crippen LogP contribution is -2.29. The van der Waals surface area contributed by atoms with Crippen molar-refractivity contribution in [1.29, 1.82) is 0 Å². The van der Waals surface area contributed by atoms with Crippen molar-refractivity contribution in [1.82, 2.24) is 4.98 Å². The summed E-state index contributed by atoms with van der Waals surface area (Å²) in [6, 6.07) is 15.6. The number of carbonyl (C=O) groups is 1. The van der Waals surface area contributed by atoms with Crippen molar-refractivity contribution < 1.29 is 9.18 Å². The van der Waals surface area contributed by atoms with Gasteiger partial charge in [-0.15, -0.1) is 0 Å². The number of fused-ring (bicyclic) bond motifs is 2. The third-order valence-electron chi connectivity index (χ3n) is 3.98. The van der Waals surface area contributed by atoms with Crippen LogP contribution in [0.2, 0.25) is 0 Å². The lowest BCUT2D eigenvalue weighted by Gasteiger charge is -2.16. The largest absolute Gasteiger partial charge is 0.292 e. The molecule has 0 N–H and O–H groups in total. The Balaban J connectivity index is 1.76. The number of amides is 1. The molecule has 4 heteroatoms. The fraction of sp³-hybridized carbons (Fsp3) is 0.111. The first-order valence-electron chi connectivity index (χ1n) is 7.18. The lowest BCUT2D eigenvalue weighted by molar-refractivity contribution is 0.0988. The summed E-state index contributed by atoms with van der Waals surface area (Å²) in [5.41, 5.74) is 2.43. The summed E-state index contributed by atoms with van der Waals surface area (Å²) in [4.78, 5) is 18.9. The molecule has 0 atom stereocenters. The average molecular weight is 292 g/mol. The van der Waals surface area contributed by atoms with Crippen LogP contribution in [-0.4, -0.2) is 17.4 Å². The van der Waals surface area contributed by atoms with E-state index in [1.807, 2.05) is 24.3 Å². The smallest absolute Gasteiger partial charge is 0.259 e. The van der Waals surface area contributed by atoms with E-state index >= 15 is 0 Å². The number of para-hydroxylation sites is 1. The first-order chi connectivity index (χ1) is 10.7. The first-order valence-corrected chi connectivity index (χ1v) is 7.18. The Labute approximate surface area is 127 Å². The van der Waals surface area contributed by atoms with Crippen LogP contribution in [0, 0.1) is 5.82 Å². The van der Waals surface area contributed by atoms with Gasteiger partial charge in [0.2, 0.25) is 0 Å². The predicted molar refractivity (Wildman–Crippen MR) is 83.5 cm³/mol. The van der Waals surface area contributed by atoms with Crippen LogP contribution in [0.5, 0.6) is 0 Å². The molecule has 0 bridgehead atoms. The zero-order valence-corrected chi connectivity index (χ0v) is 11.8. The van der Waals surface area contributed by atoms with Crippen LogP contribution in [0.4, 0.5) is 10.2 Å². The van der Waals surface area contributed by atoms with Gasteiger partial charge in [0, 0.05) is 17.5 Å². The van der Waals surface area contributed by atoms with Gasteiger partial charge in [-0.1, -0.05) is 18.2 Å². The van der Waals surface area contributed by atoms with Crippen LogP contribution in [0.3, 0.4) is 0 Å². The van der Waals surface area contributed by atoms with Gasteiger partial charge >= 0.3 is 0 Å². The minimum absolute atomic E-state index is 0.137. The monoisotopic (exact) mass is 292 g/mol. The van der Waals surface area contributed by atoms with Crippen LogP contribution < -0.4 is 4.90 Å². The molecule has 22 heavy (non-hydrogen) atoms. The molecule has 0 spiro atoms. The number of nitrogens with zero attached hydrogens (tertiary/aromatic N) is 2. The molecule has 1 aliphatic heterocycles. The Bertz CT molecular complexity index is 874. The molecule has 0 radical (unpaired) electrons. The highest BCUT2D eigenvalue weighted by Gasteiger charge is 2.27. The molecule has 1 amide bonds. The number of benzene rings is 2. The molecule has 0 aliphatic carbocycles. The van der Waals surface area contributed by atoms with Crippen molar-refractivity contribution >= 4 is 22.6 Å². The van der Waals surface area contributed by atoms with Gasteiger partial charge in [0.25, 0.3) is 5.91 Å². The van der Waals surface area contributed by atoms with Crippen LogP contribution in [-0.2, 0) is 6.42 Å². The number of carbonyl (C=O) groups excluding carboxylic acids is 1. The van der Waals surface area contributed by atoms with Gasteiger partial charge in [-0.05, 0) is 48.4 Å². The highest BCUT2D eigenvalue weighted by Crippen LogP contribution is 2.30. The Kier molecular flexibility index (Phi) is 2.89. The van der Waals surface area contributed by atoms with E-state index < -0.39 is 0 Å². The van der Waals surface area contributed by atoms with E-state index in [1.54, 1.807) is 4.90 Å². The van der Waals surface area contributed by atoms with Gasteiger partial charge < -0.3 is 0 Å². The van der Waals surface area contributed by atoms with E-state index in [0.29, 0.717) is 17.9 Å². The molecule has 2 aromatic carbocycles. The number of anilines is 1. The van der Waals surface area contributed by atoms with Crippen molar-refractivity contribution in [2.75, 3.05) is 11.4 Å². The average Bonchev–Trinajstić information content (AvgIpc) is 2.95. The second kappa shape index (κ2) is 4.91. The van der Waals surface area contributed by atoms with Crippen molar-refractivity contribution in [2.24, 2.45) is 0 Å². The van der Waals surface area contributed by atoms with Crippen LogP contribution in [0.1, 0.15) is 15.9 Å². The molecular formula is C18H13FN2O. The molecule has 0 saturated heterocycles. The highest BCUT2D eigenvalue weighted by atomic mass is 19.1. The van der Waals surface area contributed by atoms with E-state index in [2.05, 4.69) is 11.1 Å². The molecule has 0 unspecified atom stereocenters. The maximum absolute atomic E-state index is 13.0. The van der Waals surface area contributed by atoms with Crippen molar-refractivity contribution in [3.05, 3.63) is 71.5 Å². The summed E-state index contributed by atoms with van der Waals surface area (Å²) in [5.74, 6) is 0.233. The summed E-state index contributed by atoms with van der Waals surface area (Å²) >= 11 is 0. The molecular weight excluding hydrogens is 279 g/mol. The molecule has 1 aliphatic rings. The van der Waals surface area contributed by atoms with Crippen molar-refractivity contribution in [2.45, 2.75) is 6.42 Å². The zero-order chi connectivity index (χ0) is 15.1. The van der Waals surface area contributed by atoms with Gasteiger partial charge in [0.15, 0.2) is 0 Å².